The van der Waals surface area contributed by atoms with E-state index in [4.69, 9.17) is 23.4 Å². The van der Waals surface area contributed by atoms with Gasteiger partial charge >= 0.3 is 0 Å². The summed E-state index contributed by atoms with van der Waals surface area (Å²) in [5.74, 6) is 1.83. The van der Waals surface area contributed by atoms with Gasteiger partial charge in [-0.3, -0.25) is 4.79 Å². The zero-order valence-corrected chi connectivity index (χ0v) is 18.6. The van der Waals surface area contributed by atoms with Gasteiger partial charge in [-0.15, -0.1) is 11.3 Å². The molecule has 0 aliphatic carbocycles. The highest BCUT2D eigenvalue weighted by molar-refractivity contribution is 7.09. The second-order valence-electron chi connectivity index (χ2n) is 6.56. The van der Waals surface area contributed by atoms with Crippen molar-refractivity contribution in [3.63, 3.8) is 0 Å². The van der Waals surface area contributed by atoms with Crippen LogP contribution in [0.3, 0.4) is 0 Å². The van der Waals surface area contributed by atoms with Crippen molar-refractivity contribution in [3.05, 3.63) is 58.4 Å². The molecule has 0 atom stereocenters. The molecule has 0 aliphatic rings. The molecule has 3 rings (SSSR count). The minimum Gasteiger partial charge on any atom is -0.493 e. The number of carbonyl (C=O) groups is 1. The van der Waals surface area contributed by atoms with E-state index in [1.807, 2.05) is 23.6 Å². The number of para-hydroxylation sites is 1. The van der Waals surface area contributed by atoms with Crippen molar-refractivity contribution in [1.29, 1.82) is 0 Å². The number of hydrogen-bond donors (Lipinski definition) is 0. The molecule has 0 spiro atoms. The molecule has 0 N–H and O–H groups in total. The minimum atomic E-state index is -0.175. The fourth-order valence-corrected chi connectivity index (χ4v) is 3.68. The third-order valence-electron chi connectivity index (χ3n) is 4.47. The number of methoxy groups -OCH3 is 3. The van der Waals surface area contributed by atoms with Crippen molar-refractivity contribution in [3.8, 4) is 17.2 Å². The largest absolute Gasteiger partial charge is 0.493 e. The summed E-state index contributed by atoms with van der Waals surface area (Å²) in [7, 11) is 4.80. The van der Waals surface area contributed by atoms with Crippen LogP contribution in [0.1, 0.15) is 27.7 Å². The van der Waals surface area contributed by atoms with Crippen LogP contribution in [0.5, 0.6) is 17.2 Å². The van der Waals surface area contributed by atoms with Crippen molar-refractivity contribution in [1.82, 2.24) is 9.88 Å². The molecule has 1 aromatic carbocycles. The van der Waals surface area contributed by atoms with E-state index in [2.05, 4.69) is 4.98 Å². The van der Waals surface area contributed by atoms with Gasteiger partial charge in [0.25, 0.3) is 5.91 Å². The molecule has 0 radical (unpaired) electrons. The Kier molecular flexibility index (Phi) is 8.31. The zero-order valence-electron chi connectivity index (χ0n) is 17.8. The number of ether oxygens (including phenoxy) is 4. The third kappa shape index (κ3) is 5.99. The number of carbonyl (C=O) groups excluding carboxylic acids is 1. The van der Waals surface area contributed by atoms with Gasteiger partial charge in [-0.05, 0) is 30.7 Å². The molecule has 2 aromatic heterocycles. The van der Waals surface area contributed by atoms with Gasteiger partial charge in [-0.2, -0.15) is 0 Å². The molecule has 0 saturated heterocycles. The normalized spacial score (nSPS) is 10.7. The van der Waals surface area contributed by atoms with E-state index in [1.165, 1.54) is 17.6 Å². The molecule has 31 heavy (non-hydrogen) atoms. The summed E-state index contributed by atoms with van der Waals surface area (Å²) in [4.78, 5) is 19.1. The lowest BCUT2D eigenvalue weighted by Crippen LogP contribution is -2.32. The maximum absolute atomic E-state index is 12.8. The predicted molar refractivity (Wildman–Crippen MR) is 116 cm³/mol. The summed E-state index contributed by atoms with van der Waals surface area (Å²) in [5.41, 5.74) is 0.785. The quantitative estimate of drug-likeness (QED) is 0.389. The van der Waals surface area contributed by atoms with Crippen molar-refractivity contribution in [2.24, 2.45) is 0 Å². The van der Waals surface area contributed by atoms with E-state index >= 15 is 0 Å². The highest BCUT2D eigenvalue weighted by Gasteiger charge is 2.20. The van der Waals surface area contributed by atoms with Crippen molar-refractivity contribution >= 4 is 17.2 Å². The monoisotopic (exact) mass is 446 g/mol. The van der Waals surface area contributed by atoms with Crippen molar-refractivity contribution < 1.29 is 28.2 Å². The maximum Gasteiger partial charge on any atom is 0.289 e. The molecule has 0 fully saturated rings. The Labute approximate surface area is 185 Å². The number of furan rings is 1. The summed E-state index contributed by atoms with van der Waals surface area (Å²) in [6, 6.07) is 8.81. The molecule has 1 amide bonds. The molecule has 0 aliphatic heterocycles. The Morgan fingerprint density at radius 1 is 1.13 bits per heavy atom. The van der Waals surface area contributed by atoms with Gasteiger partial charge in [0, 0.05) is 25.6 Å². The number of thiazole rings is 1. The Bertz CT molecular complexity index is 935. The number of aromatic nitrogens is 1. The van der Waals surface area contributed by atoms with Crippen LogP contribution in [0.4, 0.5) is 0 Å². The van der Waals surface area contributed by atoms with Crippen LogP contribution in [0.25, 0.3) is 0 Å². The second kappa shape index (κ2) is 11.4. The summed E-state index contributed by atoms with van der Waals surface area (Å²) >= 11 is 1.47. The Morgan fingerprint density at radius 2 is 1.90 bits per heavy atom. The molecule has 0 bridgehead atoms. The summed E-state index contributed by atoms with van der Waals surface area (Å²) in [5, 5.41) is 2.71. The summed E-state index contributed by atoms with van der Waals surface area (Å²) in [6.45, 7) is 1.74. The molecule has 3 aromatic rings. The van der Waals surface area contributed by atoms with Crippen molar-refractivity contribution in [2.75, 3.05) is 34.5 Å². The molecule has 2 heterocycles. The molecule has 8 nitrogen and oxygen atoms in total. The van der Waals surface area contributed by atoms with Crippen LogP contribution in [-0.4, -0.2) is 50.3 Å². The number of benzene rings is 1. The van der Waals surface area contributed by atoms with Gasteiger partial charge in [0.2, 0.25) is 5.75 Å². The first-order valence-corrected chi connectivity index (χ1v) is 10.6. The van der Waals surface area contributed by atoms with Gasteiger partial charge in [-0.25, -0.2) is 4.98 Å². The molecule has 9 heteroatoms. The fourth-order valence-electron chi connectivity index (χ4n) is 2.98. The summed E-state index contributed by atoms with van der Waals surface area (Å²) in [6.07, 6.45) is 2.21. The molecule has 166 valence electrons. The first-order valence-electron chi connectivity index (χ1n) is 9.75. The van der Waals surface area contributed by atoms with Crippen LogP contribution < -0.4 is 14.2 Å². The number of hydrogen-bond acceptors (Lipinski definition) is 8. The second-order valence-corrected chi connectivity index (χ2v) is 7.51. The minimum absolute atomic E-state index is 0.175. The van der Waals surface area contributed by atoms with E-state index in [9.17, 15) is 4.79 Å². The van der Waals surface area contributed by atoms with Crippen LogP contribution in [0.15, 0.2) is 46.4 Å². The number of amides is 1. The predicted octanol–water partition coefficient (Wildman–Crippen LogP) is 4.01. The highest BCUT2D eigenvalue weighted by atomic mass is 32.1. The van der Waals surface area contributed by atoms with E-state index in [-0.39, 0.29) is 12.5 Å². The SMILES string of the molecule is COCCCN(Cc1csc(COc2c(OC)cccc2OC)n1)C(=O)c1ccco1. The van der Waals surface area contributed by atoms with Crippen LogP contribution >= 0.6 is 11.3 Å². The number of rotatable bonds is 12. The molecule has 0 saturated carbocycles. The van der Waals surface area contributed by atoms with E-state index < -0.39 is 0 Å². The van der Waals surface area contributed by atoms with Crippen LogP contribution in [0.2, 0.25) is 0 Å². The van der Waals surface area contributed by atoms with Gasteiger partial charge in [0.15, 0.2) is 17.3 Å². The van der Waals surface area contributed by atoms with Gasteiger partial charge in [0.05, 0.1) is 32.7 Å². The topological polar surface area (TPSA) is 83.3 Å². The van der Waals surface area contributed by atoms with Gasteiger partial charge < -0.3 is 28.3 Å². The van der Waals surface area contributed by atoms with Gasteiger partial charge in [-0.1, -0.05) is 6.07 Å². The molecular formula is C22H26N2O6S. The summed E-state index contributed by atoms with van der Waals surface area (Å²) < 4.78 is 27.0. The lowest BCUT2D eigenvalue weighted by molar-refractivity contribution is 0.0689. The Balaban J connectivity index is 1.66. The van der Waals surface area contributed by atoms with Crippen molar-refractivity contribution in [2.45, 2.75) is 19.6 Å². The van der Waals surface area contributed by atoms with Crippen LogP contribution in [-0.2, 0) is 17.9 Å². The standard InChI is InChI=1S/C22H26N2O6S/c1-26-11-6-10-24(22(25)19-9-5-12-29-19)13-16-15-31-20(23-16)14-30-21-17(27-2)7-4-8-18(21)28-3/h4-5,7-9,12,15H,6,10-11,13-14H2,1-3H3. The lowest BCUT2D eigenvalue weighted by Gasteiger charge is -2.20. The molecule has 0 unspecified atom stereocenters. The Morgan fingerprint density at radius 3 is 2.55 bits per heavy atom. The van der Waals surface area contributed by atoms with Crippen LogP contribution in [0, 0.1) is 0 Å². The number of nitrogens with zero attached hydrogens (tertiary/aromatic N) is 2. The van der Waals surface area contributed by atoms with E-state index in [0.29, 0.717) is 42.7 Å². The van der Waals surface area contributed by atoms with Gasteiger partial charge in [0.1, 0.15) is 11.6 Å². The maximum atomic E-state index is 12.8. The smallest absolute Gasteiger partial charge is 0.289 e. The Hall–Kier alpha value is -3.04. The average molecular weight is 447 g/mol. The average Bonchev–Trinajstić information content (AvgIpc) is 3.48. The highest BCUT2D eigenvalue weighted by Crippen LogP contribution is 2.37. The first-order chi connectivity index (χ1) is 15.2. The molecular weight excluding hydrogens is 420 g/mol. The zero-order chi connectivity index (χ0) is 22.1. The lowest BCUT2D eigenvalue weighted by atomic mass is 10.3. The fraction of sp³-hybridized carbons (Fsp3) is 0.364. The first kappa shape index (κ1) is 22.6. The van der Waals surface area contributed by atoms with E-state index in [1.54, 1.807) is 38.4 Å². The van der Waals surface area contributed by atoms with E-state index in [0.717, 1.165) is 17.1 Å². The third-order valence-corrected chi connectivity index (χ3v) is 5.34.